The number of aromatic hydroxyl groups is 1. The number of aliphatic hydroxyl groups is 1. The first-order valence-electron chi connectivity index (χ1n) is 50.0. The van der Waals surface area contributed by atoms with Gasteiger partial charge in [-0.2, -0.15) is 0 Å². The van der Waals surface area contributed by atoms with Crippen molar-refractivity contribution < 1.29 is 66.7 Å². The van der Waals surface area contributed by atoms with E-state index in [2.05, 4.69) is 172 Å². The molecule has 2 unspecified atom stereocenters. The Morgan fingerprint density at radius 2 is 0.966 bits per heavy atom. The number of unbranched alkanes of at least 4 members (excludes halogenated alkanes) is 1. The van der Waals surface area contributed by atoms with Crippen molar-refractivity contribution in [2.75, 3.05) is 118 Å². The highest BCUT2D eigenvalue weighted by molar-refractivity contribution is 7.21. The summed E-state index contributed by atoms with van der Waals surface area (Å²) in [6.07, 6.45) is 20.9. The number of ketones is 2. The summed E-state index contributed by atoms with van der Waals surface area (Å²) in [6, 6.07) is 31.0. The number of phenols is 1. The normalized spacial score (nSPS) is 16.8. The van der Waals surface area contributed by atoms with Crippen LogP contribution in [-0.4, -0.2) is 237 Å². The number of anilines is 10. The van der Waals surface area contributed by atoms with E-state index in [4.69, 9.17) is 28.7 Å². The lowest BCUT2D eigenvalue weighted by Crippen LogP contribution is -2.38. The summed E-state index contributed by atoms with van der Waals surface area (Å²) in [5, 5.41) is 43.3. The predicted molar refractivity (Wildman–Crippen MR) is 570 cm³/mol. The van der Waals surface area contributed by atoms with Crippen LogP contribution in [0.4, 0.5) is 66.3 Å². The zero-order valence-electron chi connectivity index (χ0n) is 83.1. The number of hydrogen-bond acceptors (Lipinski definition) is 39. The maximum Gasteiger partial charge on any atom is 0.280 e. The van der Waals surface area contributed by atoms with E-state index < -0.39 is 5.82 Å². The van der Waals surface area contributed by atoms with E-state index in [1.165, 1.54) is 136 Å². The second kappa shape index (κ2) is 48.8. The van der Waals surface area contributed by atoms with Gasteiger partial charge in [-0.15, -0.1) is 0 Å². The van der Waals surface area contributed by atoms with Crippen molar-refractivity contribution in [2.45, 2.75) is 186 Å². The molecular weight excluding hydrogens is 1990 g/mol. The third-order valence-electron chi connectivity index (χ3n) is 26.2. The zero-order valence-corrected chi connectivity index (χ0v) is 87.2. The molecule has 148 heavy (non-hydrogen) atoms. The van der Waals surface area contributed by atoms with Crippen molar-refractivity contribution in [3.8, 4) is 17.2 Å². The first kappa shape index (κ1) is 105. The number of hydrogen-bond donors (Lipinski definition) is 9. The number of fused-ring (bicyclic) bond motifs is 8. The van der Waals surface area contributed by atoms with Gasteiger partial charge in [-0.3, -0.25) is 24.0 Å². The fraction of sp³-hybridized carbons (Fsp3) is 0.423. The van der Waals surface area contributed by atoms with Gasteiger partial charge >= 0.3 is 0 Å². The molecule has 0 saturated carbocycles. The Kier molecular flexibility index (Phi) is 34.5. The summed E-state index contributed by atoms with van der Waals surface area (Å²) in [7, 11) is 1.85. The monoisotopic (exact) mass is 2110 g/mol. The molecule has 0 radical (unpaired) electrons. The van der Waals surface area contributed by atoms with Crippen molar-refractivity contribution >= 4 is 195 Å². The minimum atomic E-state index is -0.392. The Morgan fingerprint density at radius 3 is 1.46 bits per heavy atom. The topological polar surface area (TPSA) is 459 Å². The molecule has 2 atom stereocenters. The molecule has 3 amide bonds. The number of phenolic OH excluding ortho intramolecular Hbond substituents is 1. The third-order valence-corrected chi connectivity index (χ3v) is 31.1. The fourth-order valence-electron chi connectivity index (χ4n) is 18.8. The Morgan fingerprint density at radius 1 is 0.514 bits per heavy atom. The summed E-state index contributed by atoms with van der Waals surface area (Å²) < 4.78 is 54.8. The molecule has 4 saturated heterocycles. The number of nitrogens with one attached hydrogen (secondary N) is 7. The minimum Gasteiger partial charge on any atom is -0.508 e. The lowest BCUT2D eigenvalue weighted by atomic mass is 9.82. The molecule has 7 aliphatic rings. The zero-order chi connectivity index (χ0) is 103. The molecule has 10 aromatic heterocycles. The van der Waals surface area contributed by atoms with Gasteiger partial charge in [0.2, 0.25) is 0 Å². The maximum atomic E-state index is 13.7. The third kappa shape index (κ3) is 25.1. The van der Waals surface area contributed by atoms with Gasteiger partial charge in [0.15, 0.2) is 65.7 Å². The highest BCUT2D eigenvalue weighted by atomic mass is 32.1. The van der Waals surface area contributed by atoms with Gasteiger partial charge in [0.25, 0.3) is 17.7 Å². The van der Waals surface area contributed by atoms with Crippen LogP contribution in [0.3, 0.4) is 0 Å². The molecule has 15 aromatic rings. The van der Waals surface area contributed by atoms with Gasteiger partial charge in [-0.05, 0) is 209 Å². The Hall–Kier alpha value is -13.3. The Labute approximate surface area is 872 Å². The van der Waals surface area contributed by atoms with E-state index in [9.17, 15) is 43.0 Å². The van der Waals surface area contributed by atoms with Crippen LogP contribution in [0.5, 0.6) is 17.2 Å². The first-order chi connectivity index (χ1) is 72.0. The van der Waals surface area contributed by atoms with Crippen molar-refractivity contribution in [3.63, 3.8) is 0 Å². The number of Topliss-reactive ketones (excluding diaryl/α,β-unsaturated/α-hetero) is 2. The second-order valence-electron chi connectivity index (χ2n) is 37.7. The van der Waals surface area contributed by atoms with Crippen LogP contribution in [0.15, 0.2) is 135 Å². The van der Waals surface area contributed by atoms with Gasteiger partial charge < -0.3 is 85.8 Å². The van der Waals surface area contributed by atoms with Crippen LogP contribution < -0.4 is 61.4 Å². The molecule has 774 valence electrons. The van der Waals surface area contributed by atoms with Crippen LogP contribution in [-0.2, 0) is 26.0 Å². The van der Waals surface area contributed by atoms with E-state index in [1.54, 1.807) is 30.6 Å². The van der Waals surface area contributed by atoms with Gasteiger partial charge in [0.05, 0.1) is 23.6 Å². The number of aliphatic hydroxyl groups excluding tert-OH is 1. The van der Waals surface area contributed by atoms with Crippen molar-refractivity contribution in [1.82, 2.24) is 101 Å². The van der Waals surface area contributed by atoms with Gasteiger partial charge in [-0.1, -0.05) is 120 Å². The van der Waals surface area contributed by atoms with Crippen LogP contribution in [0.1, 0.15) is 209 Å². The predicted octanol–water partition coefficient (Wildman–Crippen LogP) is 17.9. The van der Waals surface area contributed by atoms with Crippen molar-refractivity contribution in [3.05, 3.63) is 188 Å². The number of para-hydroxylation sites is 2. The highest BCUT2D eigenvalue weighted by Crippen LogP contribution is 2.49. The Balaban J connectivity index is 0.000000121. The number of carbonyl (C=O) groups is 5. The number of thiazole rings is 5. The molecule has 0 aliphatic carbocycles. The van der Waals surface area contributed by atoms with Gasteiger partial charge in [0, 0.05) is 137 Å². The summed E-state index contributed by atoms with van der Waals surface area (Å²) >= 11 is 6.41. The smallest absolute Gasteiger partial charge is 0.280 e. The largest absolute Gasteiger partial charge is 0.508 e. The molecule has 0 spiro atoms. The maximum absolute atomic E-state index is 13.7. The van der Waals surface area contributed by atoms with Crippen molar-refractivity contribution in [1.29, 1.82) is 0 Å². The number of piperidine rings is 1. The van der Waals surface area contributed by atoms with Crippen LogP contribution in [0.25, 0.3) is 51.7 Å². The highest BCUT2D eigenvalue weighted by Gasteiger charge is 2.42. The quantitative estimate of drug-likeness (QED) is 0.0149. The molecule has 7 aliphatic heterocycles. The number of carbonyl (C=O) groups excluding carboxylic acids is 5. The number of halogens is 2. The number of ether oxygens (including phenoxy) is 5. The molecule has 9 N–H and O–H groups in total. The molecule has 22 rings (SSSR count). The molecule has 37 nitrogen and oxygen atoms in total. The lowest BCUT2D eigenvalue weighted by molar-refractivity contribution is 0.0689. The summed E-state index contributed by atoms with van der Waals surface area (Å²) in [6.45, 7) is 21.0. The number of aromatic nitrogens is 15. The summed E-state index contributed by atoms with van der Waals surface area (Å²) in [5.41, 5.74) is 10.8. The number of benzene rings is 5. The van der Waals surface area contributed by atoms with E-state index in [-0.39, 0.29) is 83.2 Å². The van der Waals surface area contributed by atoms with E-state index in [1.807, 2.05) is 52.9 Å². The molecule has 17 heterocycles. The van der Waals surface area contributed by atoms with Crippen LogP contribution >= 0.6 is 56.7 Å². The molecular formula is C104H117F2N25O12S5. The van der Waals surface area contributed by atoms with E-state index in [0.29, 0.717) is 195 Å². The first-order valence-corrected chi connectivity index (χ1v) is 54.1. The van der Waals surface area contributed by atoms with E-state index in [0.717, 1.165) is 131 Å². The molecule has 44 heteroatoms. The van der Waals surface area contributed by atoms with Gasteiger partial charge in [0.1, 0.15) is 112 Å². The number of nitrogens with zero attached hydrogens (tertiary/aromatic N) is 18. The SMILES string of the molecule is CC(C)Oc1cc(F)ccc1Nc1ncnc2sc(C(=O)CC3CCNCC3)nc12.CC1(CCO)CN(c2ncnc3sc(C(=O)NC4CCOCC4)nc23)c2ccccc21.CCCCC1CN(c2ncnc3sc(C(=O)NC4CCOCC4)nc23)c2ccccc21.CNCCCC(=O)c1nc2c(Nc3ccc(F)cc3OC(C)C)ncnc2s1.O=C(NC1CCOCC1)c1nc2c(N3CCc4cc(O)ccc43)ncnc2s1. The molecule has 4 fully saturated rings. The average Bonchev–Trinajstić information content (AvgIpc) is 1.59. The summed E-state index contributed by atoms with van der Waals surface area (Å²) in [4.78, 5) is 140. The summed E-state index contributed by atoms with van der Waals surface area (Å²) in [5.74, 6) is 3.73. The standard InChI is InChI=1S/C23H27N5O2S.C22H25N5O3S.C21H24FN5O2S.C19H22FN5O2S.C19H19N5O3S/c1-2-3-6-15-13-28(18-8-5-4-7-17(15)18)20-19-22(25-14-24-20)31-23(27-19)21(29)26-16-9-11-30-12-10-16;1-22(8-9-28)12-27(16-5-3-2-4-15(16)22)18-17-20(24-13-23-18)31-21(26-17)19(29)25-14-6-10-30-11-7-14;1-12(2)29-17-10-14(22)3-4-15(17)26-19-18-21(25-11-24-19)30-20(27-18)16(28)9-13-5-7-23-8-6-13;1-11(2)27-15-9-12(20)6-7-13(15)24-17-16-19(23-10-22-17)28-18(25-16)14(26)5-4-8-21-3;25-13-1-2-14-11(9-13)3-6-24(14)16-15-18(21-10-20-16)28-19(23-15)17(26)22-12-4-7-27-8-5-12/h4-5,7-8,14-16H,2-3,6,9-13H2,1H3,(H,26,29);2-5,13-14,28H,6-12H2,1H3,(H,25,29);3-4,10-13,23H,5-9H2,1-2H3,(H,24,25,26);6-7,9-11,21H,4-5,8H2,1-3H3,(H,22,23,24);1-2,9-10,12,25H,3-8H2,(H,22,26). The molecule has 5 aromatic carbocycles. The van der Waals surface area contributed by atoms with Crippen LogP contribution in [0, 0.1) is 17.6 Å². The minimum absolute atomic E-state index is 0.0187. The lowest BCUT2D eigenvalue weighted by Gasteiger charge is -2.25. The van der Waals surface area contributed by atoms with Crippen molar-refractivity contribution in [2.24, 2.45) is 5.92 Å². The van der Waals surface area contributed by atoms with E-state index >= 15 is 0 Å². The van der Waals surface area contributed by atoms with Crippen LogP contribution in [0.2, 0.25) is 0 Å². The number of amides is 3. The average molecular weight is 2110 g/mol. The second-order valence-corrected chi connectivity index (χ2v) is 42.5. The van der Waals surface area contributed by atoms with Gasteiger partial charge in [-0.25, -0.2) is 83.5 Å². The fourth-order valence-corrected chi connectivity index (χ4v) is 23.0. The Bertz CT molecular complexity index is 7220. The number of rotatable bonds is 30. The molecule has 0 bridgehead atoms.